The summed E-state index contributed by atoms with van der Waals surface area (Å²) in [5.41, 5.74) is 5.68. The standard InChI is InChI=1S/C26H26BrN7O2S/c1-3-33(4-2)22-8-5-19(23(35)15-22)16-29-30-24(36)17-37-26-32-31-25(18-11-13-28-14-12-18)34(26)21-9-6-20(27)7-10-21/h5-16,35H,3-4,17H2,1-2H3,(H,30,36)/b29-16+. The van der Waals surface area contributed by atoms with Crippen molar-refractivity contribution >= 4 is 45.5 Å². The van der Waals surface area contributed by atoms with Crippen LogP contribution in [0.25, 0.3) is 17.1 Å². The molecule has 0 bridgehead atoms. The fourth-order valence-electron chi connectivity index (χ4n) is 3.64. The maximum atomic E-state index is 12.5. The van der Waals surface area contributed by atoms with Crippen molar-refractivity contribution in [2.75, 3.05) is 23.7 Å². The van der Waals surface area contributed by atoms with Gasteiger partial charge in [0.1, 0.15) is 5.75 Å². The van der Waals surface area contributed by atoms with Crippen molar-refractivity contribution in [1.29, 1.82) is 0 Å². The van der Waals surface area contributed by atoms with Crippen molar-refractivity contribution in [2.45, 2.75) is 19.0 Å². The van der Waals surface area contributed by atoms with Crippen LogP contribution < -0.4 is 10.3 Å². The molecule has 0 radical (unpaired) electrons. The number of halogens is 1. The number of phenols is 1. The van der Waals surface area contributed by atoms with Gasteiger partial charge in [0.2, 0.25) is 0 Å². The highest BCUT2D eigenvalue weighted by Gasteiger charge is 2.17. The predicted octanol–water partition coefficient (Wildman–Crippen LogP) is 4.89. The zero-order valence-corrected chi connectivity index (χ0v) is 22.8. The Labute approximate surface area is 227 Å². The average molecular weight is 581 g/mol. The molecule has 0 atom stereocenters. The van der Waals surface area contributed by atoms with Crippen LogP contribution in [0.1, 0.15) is 19.4 Å². The van der Waals surface area contributed by atoms with Gasteiger partial charge in [0.15, 0.2) is 11.0 Å². The maximum absolute atomic E-state index is 12.5. The topological polar surface area (TPSA) is 109 Å². The molecule has 0 saturated carbocycles. The number of aromatic hydroxyl groups is 1. The van der Waals surface area contributed by atoms with Crippen molar-refractivity contribution in [3.05, 3.63) is 77.0 Å². The van der Waals surface area contributed by atoms with Crippen LogP contribution in [-0.4, -0.2) is 55.8 Å². The molecule has 0 aliphatic rings. The first-order valence-corrected chi connectivity index (χ1v) is 13.4. The van der Waals surface area contributed by atoms with Crippen LogP contribution in [0.15, 0.2) is 81.7 Å². The zero-order valence-electron chi connectivity index (χ0n) is 20.4. The van der Waals surface area contributed by atoms with E-state index in [1.54, 1.807) is 24.5 Å². The molecular formula is C26H26BrN7O2S. The number of nitrogens with zero attached hydrogens (tertiary/aromatic N) is 6. The fourth-order valence-corrected chi connectivity index (χ4v) is 4.65. The summed E-state index contributed by atoms with van der Waals surface area (Å²) in [4.78, 5) is 18.7. The lowest BCUT2D eigenvalue weighted by Crippen LogP contribution is -2.21. The number of benzene rings is 2. The number of thioether (sulfide) groups is 1. The smallest absolute Gasteiger partial charge is 0.250 e. The number of carbonyl (C=O) groups is 1. The fraction of sp³-hybridized carbons (Fsp3) is 0.192. The summed E-state index contributed by atoms with van der Waals surface area (Å²) < 4.78 is 2.85. The number of hydrogen-bond donors (Lipinski definition) is 2. The summed E-state index contributed by atoms with van der Waals surface area (Å²) in [5.74, 6) is 0.517. The lowest BCUT2D eigenvalue weighted by Gasteiger charge is -2.21. The molecular weight excluding hydrogens is 554 g/mol. The SMILES string of the molecule is CCN(CC)c1ccc(/C=N/NC(=O)CSc2nnc(-c3ccncc3)n2-c2ccc(Br)cc2)c(O)c1. The Hall–Kier alpha value is -3.70. The van der Waals surface area contributed by atoms with Crippen LogP contribution in [0, 0.1) is 0 Å². The Kier molecular flexibility index (Phi) is 8.91. The molecule has 1 amide bonds. The van der Waals surface area contributed by atoms with Crippen molar-refractivity contribution in [2.24, 2.45) is 5.10 Å². The Bertz CT molecular complexity index is 1370. The Morgan fingerprint density at radius 3 is 2.51 bits per heavy atom. The number of hydrazone groups is 1. The predicted molar refractivity (Wildman–Crippen MR) is 150 cm³/mol. The molecule has 0 unspecified atom stereocenters. The van der Waals surface area contributed by atoms with Gasteiger partial charge in [-0.05, 0) is 62.4 Å². The monoisotopic (exact) mass is 579 g/mol. The molecule has 0 saturated heterocycles. The second-order valence-corrected chi connectivity index (χ2v) is 9.71. The molecule has 0 fully saturated rings. The largest absolute Gasteiger partial charge is 0.507 e. The number of nitrogens with one attached hydrogen (secondary N) is 1. The van der Waals surface area contributed by atoms with E-state index in [1.165, 1.54) is 18.0 Å². The number of carbonyl (C=O) groups excluding carboxylic acids is 1. The van der Waals surface area contributed by atoms with E-state index < -0.39 is 0 Å². The van der Waals surface area contributed by atoms with Crippen molar-refractivity contribution in [1.82, 2.24) is 25.2 Å². The molecule has 0 aliphatic carbocycles. The van der Waals surface area contributed by atoms with E-state index in [-0.39, 0.29) is 17.4 Å². The highest BCUT2D eigenvalue weighted by Crippen LogP contribution is 2.28. The highest BCUT2D eigenvalue weighted by molar-refractivity contribution is 9.10. The Morgan fingerprint density at radius 2 is 1.84 bits per heavy atom. The van der Waals surface area contributed by atoms with Crippen LogP contribution in [0.4, 0.5) is 5.69 Å². The average Bonchev–Trinajstić information content (AvgIpc) is 3.34. The molecule has 0 aliphatic heterocycles. The van der Waals surface area contributed by atoms with E-state index in [9.17, 15) is 9.90 Å². The molecule has 2 N–H and O–H groups in total. The molecule has 2 aromatic heterocycles. The summed E-state index contributed by atoms with van der Waals surface area (Å²) >= 11 is 4.71. The molecule has 2 aromatic carbocycles. The van der Waals surface area contributed by atoms with E-state index >= 15 is 0 Å². The minimum absolute atomic E-state index is 0.0786. The number of pyridine rings is 1. The van der Waals surface area contributed by atoms with Gasteiger partial charge in [-0.25, -0.2) is 5.43 Å². The number of amides is 1. The number of aromatic nitrogens is 4. The quantitative estimate of drug-likeness (QED) is 0.156. The van der Waals surface area contributed by atoms with Crippen LogP contribution in [0.3, 0.4) is 0 Å². The molecule has 11 heteroatoms. The normalized spacial score (nSPS) is 11.1. The first-order chi connectivity index (χ1) is 18.0. The Balaban J connectivity index is 1.44. The second kappa shape index (κ2) is 12.5. The summed E-state index contributed by atoms with van der Waals surface area (Å²) in [6.45, 7) is 5.81. The molecule has 190 valence electrons. The van der Waals surface area contributed by atoms with Crippen molar-refractivity contribution in [3.63, 3.8) is 0 Å². The first-order valence-electron chi connectivity index (χ1n) is 11.6. The van der Waals surface area contributed by atoms with Gasteiger partial charge in [0, 0.05) is 58.5 Å². The number of hydrogen-bond acceptors (Lipinski definition) is 8. The van der Waals surface area contributed by atoms with E-state index in [4.69, 9.17) is 0 Å². The van der Waals surface area contributed by atoms with Crippen molar-refractivity contribution < 1.29 is 9.90 Å². The maximum Gasteiger partial charge on any atom is 0.250 e. The first kappa shape index (κ1) is 26.4. The van der Waals surface area contributed by atoms with Crippen LogP contribution in [-0.2, 0) is 4.79 Å². The lowest BCUT2D eigenvalue weighted by molar-refractivity contribution is -0.118. The molecule has 0 spiro atoms. The highest BCUT2D eigenvalue weighted by atomic mass is 79.9. The van der Waals surface area contributed by atoms with Gasteiger partial charge in [0.05, 0.1) is 12.0 Å². The summed E-state index contributed by atoms with van der Waals surface area (Å²) in [5, 5.41) is 23.6. The molecule has 4 rings (SSSR count). The number of anilines is 1. The van der Waals surface area contributed by atoms with Gasteiger partial charge < -0.3 is 10.0 Å². The molecule has 37 heavy (non-hydrogen) atoms. The summed E-state index contributed by atoms with van der Waals surface area (Å²) in [6, 6.07) is 16.9. The summed E-state index contributed by atoms with van der Waals surface area (Å²) in [7, 11) is 0. The lowest BCUT2D eigenvalue weighted by atomic mass is 10.2. The molecule has 2 heterocycles. The summed E-state index contributed by atoms with van der Waals surface area (Å²) in [6.07, 6.45) is 4.82. The van der Waals surface area contributed by atoms with E-state index in [0.717, 1.165) is 34.5 Å². The third kappa shape index (κ3) is 6.55. The molecule has 9 nitrogen and oxygen atoms in total. The van der Waals surface area contributed by atoms with Gasteiger partial charge in [-0.2, -0.15) is 5.10 Å². The Morgan fingerprint density at radius 1 is 1.11 bits per heavy atom. The van der Waals surface area contributed by atoms with Crippen LogP contribution >= 0.6 is 27.7 Å². The van der Waals surface area contributed by atoms with Gasteiger partial charge >= 0.3 is 0 Å². The number of rotatable bonds is 10. The van der Waals surface area contributed by atoms with Crippen molar-refractivity contribution in [3.8, 4) is 22.8 Å². The minimum Gasteiger partial charge on any atom is -0.507 e. The van der Waals surface area contributed by atoms with Crippen LogP contribution in [0.5, 0.6) is 5.75 Å². The van der Waals surface area contributed by atoms with E-state index in [1.807, 2.05) is 47.0 Å². The van der Waals surface area contributed by atoms with E-state index in [0.29, 0.717) is 16.5 Å². The van der Waals surface area contributed by atoms with Gasteiger partial charge in [-0.3, -0.25) is 14.3 Å². The van der Waals surface area contributed by atoms with Gasteiger partial charge in [-0.1, -0.05) is 27.7 Å². The van der Waals surface area contributed by atoms with Gasteiger partial charge in [-0.15, -0.1) is 10.2 Å². The van der Waals surface area contributed by atoms with Gasteiger partial charge in [0.25, 0.3) is 5.91 Å². The molecule has 4 aromatic rings. The minimum atomic E-state index is -0.309. The zero-order chi connectivity index (χ0) is 26.2. The van der Waals surface area contributed by atoms with Crippen LogP contribution in [0.2, 0.25) is 0 Å². The third-order valence-electron chi connectivity index (χ3n) is 5.52. The third-order valence-corrected chi connectivity index (χ3v) is 6.98. The van der Waals surface area contributed by atoms with E-state index in [2.05, 4.69) is 60.4 Å². The second-order valence-electron chi connectivity index (χ2n) is 7.85. The number of phenolic OH excluding ortho intramolecular Hbond substituents is 1.